The van der Waals surface area contributed by atoms with E-state index in [2.05, 4.69) is 31.4 Å². The van der Waals surface area contributed by atoms with E-state index in [1.165, 1.54) is 10.6 Å². The van der Waals surface area contributed by atoms with Crippen LogP contribution in [0.3, 0.4) is 0 Å². The van der Waals surface area contributed by atoms with E-state index in [-0.39, 0.29) is 5.91 Å². The third kappa shape index (κ3) is 10.3. The number of hydrogen-bond donors (Lipinski definition) is 1. The summed E-state index contributed by atoms with van der Waals surface area (Å²) in [5.74, 6) is -0.103. The molecule has 2 aromatic rings. The molecule has 0 aliphatic rings. The molecule has 0 fully saturated rings. The molecule has 5 nitrogen and oxygen atoms in total. The van der Waals surface area contributed by atoms with Gasteiger partial charge >= 0.3 is 5.97 Å². The smallest absolute Gasteiger partial charge is 0.331 e. The molecule has 2 aromatic carbocycles. The fourth-order valence-electron chi connectivity index (χ4n) is 3.44. The van der Waals surface area contributed by atoms with Gasteiger partial charge in [0.25, 0.3) is 0 Å². The molecule has 0 radical (unpaired) electrons. The summed E-state index contributed by atoms with van der Waals surface area (Å²) in [7, 11) is 0. The second kappa shape index (κ2) is 13.7. The first-order chi connectivity index (χ1) is 16.2. The molecule has 2 rings (SSSR count). The van der Waals surface area contributed by atoms with E-state index >= 15 is 0 Å². The summed E-state index contributed by atoms with van der Waals surface area (Å²) in [6.45, 7) is 10.3. The van der Waals surface area contributed by atoms with Crippen molar-refractivity contribution in [2.45, 2.75) is 71.9 Å². The molecule has 1 N–H and O–H groups in total. The van der Waals surface area contributed by atoms with Gasteiger partial charge in [-0.05, 0) is 57.1 Å². The zero-order valence-corrected chi connectivity index (χ0v) is 21.3. The Bertz CT molecular complexity index is 902. The van der Waals surface area contributed by atoms with Crippen LogP contribution in [0.1, 0.15) is 65.0 Å². The van der Waals surface area contributed by atoms with Crippen LogP contribution in [0.2, 0.25) is 0 Å². The number of amides is 1. The molecule has 0 spiro atoms. The Hall–Kier alpha value is -2.92. The van der Waals surface area contributed by atoms with E-state index in [0.29, 0.717) is 25.3 Å². The number of hydrogen-bond acceptors (Lipinski definition) is 4. The highest BCUT2D eigenvalue weighted by molar-refractivity contribution is 5.84. The van der Waals surface area contributed by atoms with Crippen molar-refractivity contribution in [2.24, 2.45) is 5.92 Å². The van der Waals surface area contributed by atoms with Gasteiger partial charge in [0.15, 0.2) is 0 Å². The summed E-state index contributed by atoms with van der Waals surface area (Å²) in [5, 5.41) is 1.51. The minimum absolute atomic E-state index is 0.0919. The molecule has 0 heterocycles. The fourth-order valence-corrected chi connectivity index (χ4v) is 3.44. The second-order valence-electron chi connectivity index (χ2n) is 9.94. The van der Waals surface area contributed by atoms with E-state index in [0.717, 1.165) is 18.4 Å². The lowest BCUT2D eigenvalue weighted by molar-refractivity contribution is -0.167. The lowest BCUT2D eigenvalue weighted by Crippen LogP contribution is -2.54. The average molecular weight is 465 g/mol. The number of nitrogens with one attached hydrogen (secondary N) is 1. The van der Waals surface area contributed by atoms with Crippen LogP contribution in [0.4, 0.5) is 0 Å². The Morgan fingerprint density at radius 1 is 1.00 bits per heavy atom. The van der Waals surface area contributed by atoms with Crippen LogP contribution in [-0.2, 0) is 20.7 Å². The largest absolute Gasteiger partial charge is 0.458 e. The van der Waals surface area contributed by atoms with Crippen molar-refractivity contribution in [1.82, 2.24) is 10.4 Å². The van der Waals surface area contributed by atoms with E-state index < -0.39 is 17.6 Å². The molecule has 5 heteroatoms. The first-order valence-corrected chi connectivity index (χ1v) is 12.2. The van der Waals surface area contributed by atoms with Crippen molar-refractivity contribution >= 4 is 18.0 Å². The predicted octanol–water partition coefficient (Wildman–Crippen LogP) is 5.81. The van der Waals surface area contributed by atoms with Gasteiger partial charge in [-0.3, -0.25) is 9.80 Å². The molecule has 1 amide bonds. The van der Waals surface area contributed by atoms with Gasteiger partial charge in [0.2, 0.25) is 5.91 Å². The van der Waals surface area contributed by atoms with Gasteiger partial charge in [-0.15, -0.1) is 0 Å². The SMILES string of the molecule is CC(C)CCC(=O)N(NCCc1ccccc1)[C@@H](CC=Cc1ccccc1)C(=O)OC(C)(C)C. The lowest BCUT2D eigenvalue weighted by Gasteiger charge is -2.32. The summed E-state index contributed by atoms with van der Waals surface area (Å²) in [6.07, 6.45) is 6.14. The number of carbonyl (C=O) groups excluding carboxylic acids is 2. The van der Waals surface area contributed by atoms with Gasteiger partial charge in [0, 0.05) is 13.0 Å². The van der Waals surface area contributed by atoms with Crippen LogP contribution in [0, 0.1) is 5.92 Å². The Labute approximate surface area is 205 Å². The van der Waals surface area contributed by atoms with Gasteiger partial charge in [0.1, 0.15) is 11.6 Å². The number of esters is 1. The summed E-state index contributed by atoms with van der Waals surface area (Å²) in [4.78, 5) is 26.5. The van der Waals surface area contributed by atoms with Crippen LogP contribution >= 0.6 is 0 Å². The minimum Gasteiger partial charge on any atom is -0.458 e. The molecule has 34 heavy (non-hydrogen) atoms. The van der Waals surface area contributed by atoms with Crippen LogP contribution in [0.5, 0.6) is 0 Å². The predicted molar refractivity (Wildman–Crippen MR) is 139 cm³/mol. The van der Waals surface area contributed by atoms with Crippen LogP contribution < -0.4 is 5.43 Å². The number of ether oxygens (including phenoxy) is 1. The standard InChI is InChI=1S/C29H40N2O3/c1-23(2)19-20-27(32)31(30-22-21-25-15-10-7-11-16-25)26(28(33)34-29(3,4)5)18-12-17-24-13-8-6-9-14-24/h6-17,23,26,30H,18-22H2,1-5H3/t26-/m0/s1. The molecule has 0 unspecified atom stereocenters. The number of carbonyl (C=O) groups is 2. The Morgan fingerprint density at radius 3 is 2.21 bits per heavy atom. The normalized spacial score (nSPS) is 12.6. The van der Waals surface area contributed by atoms with Gasteiger partial charge in [0.05, 0.1) is 0 Å². The van der Waals surface area contributed by atoms with E-state index in [1.807, 2.05) is 81.5 Å². The van der Waals surface area contributed by atoms with Crippen LogP contribution in [0.15, 0.2) is 66.7 Å². The molecule has 0 saturated carbocycles. The maximum absolute atomic E-state index is 13.3. The Kier molecular flexibility index (Phi) is 11.0. The minimum atomic E-state index is -0.755. The number of benzene rings is 2. The third-order valence-corrected chi connectivity index (χ3v) is 5.20. The maximum Gasteiger partial charge on any atom is 0.331 e. The summed E-state index contributed by atoms with van der Waals surface area (Å²) in [5.41, 5.74) is 4.82. The van der Waals surface area contributed by atoms with Crippen molar-refractivity contribution in [2.75, 3.05) is 6.54 Å². The molecule has 184 valence electrons. The van der Waals surface area contributed by atoms with Crippen LogP contribution in [-0.4, -0.2) is 35.1 Å². The average Bonchev–Trinajstić information content (AvgIpc) is 2.79. The molecule has 0 aliphatic carbocycles. The van der Waals surface area contributed by atoms with Crippen molar-refractivity contribution in [1.29, 1.82) is 0 Å². The van der Waals surface area contributed by atoms with E-state index in [1.54, 1.807) is 0 Å². The van der Waals surface area contributed by atoms with Crippen LogP contribution in [0.25, 0.3) is 6.08 Å². The van der Waals surface area contributed by atoms with Gasteiger partial charge in [-0.25, -0.2) is 10.2 Å². The first-order valence-electron chi connectivity index (χ1n) is 12.2. The highest BCUT2D eigenvalue weighted by Gasteiger charge is 2.32. The van der Waals surface area contributed by atoms with Crippen molar-refractivity contribution in [3.63, 3.8) is 0 Å². The molecular formula is C29H40N2O3. The highest BCUT2D eigenvalue weighted by atomic mass is 16.6. The van der Waals surface area contributed by atoms with Crippen molar-refractivity contribution in [3.05, 3.63) is 77.9 Å². The van der Waals surface area contributed by atoms with E-state index in [4.69, 9.17) is 4.74 Å². The second-order valence-corrected chi connectivity index (χ2v) is 9.94. The van der Waals surface area contributed by atoms with E-state index in [9.17, 15) is 9.59 Å². The molecule has 0 bridgehead atoms. The van der Waals surface area contributed by atoms with Gasteiger partial charge < -0.3 is 4.74 Å². The molecule has 0 saturated heterocycles. The number of rotatable bonds is 12. The highest BCUT2D eigenvalue weighted by Crippen LogP contribution is 2.17. The summed E-state index contributed by atoms with van der Waals surface area (Å²) in [6, 6.07) is 19.2. The topological polar surface area (TPSA) is 58.6 Å². The lowest BCUT2D eigenvalue weighted by atomic mass is 10.1. The Morgan fingerprint density at radius 2 is 1.62 bits per heavy atom. The Balaban J connectivity index is 2.23. The van der Waals surface area contributed by atoms with Crippen molar-refractivity contribution < 1.29 is 14.3 Å². The number of hydrazine groups is 1. The number of nitrogens with zero attached hydrogens (tertiary/aromatic N) is 1. The molecule has 0 aromatic heterocycles. The quantitative estimate of drug-likeness (QED) is 0.318. The first kappa shape index (κ1) is 27.3. The fraction of sp³-hybridized carbons (Fsp3) is 0.448. The molecule has 0 aliphatic heterocycles. The maximum atomic E-state index is 13.3. The zero-order valence-electron chi connectivity index (χ0n) is 21.3. The van der Waals surface area contributed by atoms with Gasteiger partial charge in [-0.1, -0.05) is 86.7 Å². The monoisotopic (exact) mass is 464 g/mol. The van der Waals surface area contributed by atoms with Gasteiger partial charge in [-0.2, -0.15) is 0 Å². The summed E-state index contributed by atoms with van der Waals surface area (Å²) < 4.78 is 5.72. The summed E-state index contributed by atoms with van der Waals surface area (Å²) >= 11 is 0. The molecule has 1 atom stereocenters. The van der Waals surface area contributed by atoms with Crippen molar-refractivity contribution in [3.8, 4) is 0 Å². The molecular weight excluding hydrogens is 424 g/mol. The third-order valence-electron chi connectivity index (χ3n) is 5.20. The zero-order chi connectivity index (χ0) is 25.0.